The number of fused-ring (bicyclic) bond motifs is 1. The summed E-state index contributed by atoms with van der Waals surface area (Å²) in [5.74, 6) is 1.30. The Labute approximate surface area is 92.7 Å². The molecule has 1 aromatic carbocycles. The van der Waals surface area contributed by atoms with Crippen LogP contribution in [-0.4, -0.2) is 23.2 Å². The van der Waals surface area contributed by atoms with Crippen LogP contribution >= 0.6 is 0 Å². The molecule has 16 heavy (non-hydrogen) atoms. The Hall–Kier alpha value is -1.71. The Balaban J connectivity index is 2.18. The third-order valence-corrected chi connectivity index (χ3v) is 2.90. The van der Waals surface area contributed by atoms with Crippen molar-refractivity contribution < 1.29 is 4.39 Å². The maximum Gasteiger partial charge on any atom is 0.137 e. The minimum atomic E-state index is -0.758. The molecule has 1 aliphatic rings. The number of aromatic nitrogens is 2. The summed E-state index contributed by atoms with van der Waals surface area (Å²) >= 11 is 0. The summed E-state index contributed by atoms with van der Waals surface area (Å²) in [6.07, 6.45) is -0.201. The van der Waals surface area contributed by atoms with Crippen LogP contribution in [0.5, 0.6) is 0 Å². The van der Waals surface area contributed by atoms with Gasteiger partial charge in [0.25, 0.3) is 0 Å². The molecule has 0 radical (unpaired) electrons. The Bertz CT molecular complexity index is 541. The van der Waals surface area contributed by atoms with E-state index >= 15 is 0 Å². The second-order valence-corrected chi connectivity index (χ2v) is 4.06. The quantitative estimate of drug-likeness (QED) is 0.839. The minimum absolute atomic E-state index is 0.100. The first-order valence-corrected chi connectivity index (χ1v) is 5.38. The summed E-state index contributed by atoms with van der Waals surface area (Å²) in [6.45, 7) is 0. The smallest absolute Gasteiger partial charge is 0.137 e. The zero-order valence-electron chi connectivity index (χ0n) is 8.94. The van der Waals surface area contributed by atoms with Gasteiger partial charge in [-0.25, -0.2) is 14.4 Å². The molecule has 0 amide bonds. The van der Waals surface area contributed by atoms with Crippen molar-refractivity contribution in [1.29, 1.82) is 0 Å². The predicted octanol–water partition coefficient (Wildman–Crippen LogP) is 2.50. The topological polar surface area (TPSA) is 37.8 Å². The summed E-state index contributed by atoms with van der Waals surface area (Å²) in [5, 5.41) is 4.01. The molecular formula is C12H12FN3. The lowest BCUT2D eigenvalue weighted by molar-refractivity contribution is 0.465. The molecule has 82 valence electrons. The van der Waals surface area contributed by atoms with Crippen LogP contribution in [0, 0.1) is 0 Å². The zero-order chi connectivity index (χ0) is 11.1. The average Bonchev–Trinajstić information content (AvgIpc) is 3.05. The van der Waals surface area contributed by atoms with E-state index in [1.54, 1.807) is 0 Å². The second kappa shape index (κ2) is 3.40. The first-order chi connectivity index (χ1) is 7.79. The number of hydrogen-bond acceptors (Lipinski definition) is 3. The summed E-state index contributed by atoms with van der Waals surface area (Å²) in [6, 6.07) is 7.77. The van der Waals surface area contributed by atoms with Crippen molar-refractivity contribution in [3.8, 4) is 0 Å². The fraction of sp³-hybridized carbons (Fsp3) is 0.333. The van der Waals surface area contributed by atoms with Crippen LogP contribution in [0.3, 0.4) is 0 Å². The van der Waals surface area contributed by atoms with Gasteiger partial charge < -0.3 is 5.32 Å². The highest BCUT2D eigenvalue weighted by atomic mass is 19.1. The van der Waals surface area contributed by atoms with Gasteiger partial charge in [0.05, 0.1) is 11.4 Å². The van der Waals surface area contributed by atoms with Gasteiger partial charge in [0.15, 0.2) is 0 Å². The van der Waals surface area contributed by atoms with E-state index < -0.39 is 6.17 Å². The minimum Gasteiger partial charge on any atom is -0.373 e. The first kappa shape index (κ1) is 9.51. The van der Waals surface area contributed by atoms with Gasteiger partial charge in [0.1, 0.15) is 17.8 Å². The highest BCUT2D eigenvalue weighted by Crippen LogP contribution is 2.42. The highest BCUT2D eigenvalue weighted by Gasteiger charge is 2.41. The molecular weight excluding hydrogens is 205 g/mol. The maximum absolute atomic E-state index is 13.0. The Kier molecular flexibility index (Phi) is 2.02. The van der Waals surface area contributed by atoms with Crippen molar-refractivity contribution in [3.63, 3.8) is 0 Å². The molecule has 1 aromatic heterocycles. The fourth-order valence-corrected chi connectivity index (χ4v) is 1.88. The van der Waals surface area contributed by atoms with Crippen LogP contribution in [0.25, 0.3) is 10.9 Å². The first-order valence-electron chi connectivity index (χ1n) is 5.38. The lowest BCUT2D eigenvalue weighted by Crippen LogP contribution is -2.01. The molecule has 1 heterocycles. The van der Waals surface area contributed by atoms with Crippen LogP contribution in [-0.2, 0) is 0 Å². The van der Waals surface area contributed by atoms with Crippen LogP contribution in [0.1, 0.15) is 18.2 Å². The molecule has 1 fully saturated rings. The van der Waals surface area contributed by atoms with E-state index in [0.29, 0.717) is 12.2 Å². The highest BCUT2D eigenvalue weighted by molar-refractivity contribution is 5.88. The molecule has 1 N–H and O–H groups in total. The third-order valence-electron chi connectivity index (χ3n) is 2.90. The largest absolute Gasteiger partial charge is 0.373 e. The van der Waals surface area contributed by atoms with Gasteiger partial charge in [-0.05, 0) is 18.6 Å². The van der Waals surface area contributed by atoms with Gasteiger partial charge in [-0.15, -0.1) is 0 Å². The normalized spacial score (nSPS) is 23.4. The Morgan fingerprint density at radius 2 is 2.06 bits per heavy atom. The molecule has 3 nitrogen and oxygen atoms in total. The van der Waals surface area contributed by atoms with E-state index in [9.17, 15) is 4.39 Å². The predicted molar refractivity (Wildman–Crippen MR) is 61.3 cm³/mol. The number of halogens is 1. The van der Waals surface area contributed by atoms with Crippen molar-refractivity contribution in [3.05, 3.63) is 30.1 Å². The Morgan fingerprint density at radius 1 is 1.31 bits per heavy atom. The van der Waals surface area contributed by atoms with Gasteiger partial charge in [0.2, 0.25) is 0 Å². The monoisotopic (exact) mass is 217 g/mol. The number of anilines is 1. The molecule has 0 bridgehead atoms. The van der Waals surface area contributed by atoms with Gasteiger partial charge in [-0.2, -0.15) is 0 Å². The fourth-order valence-electron chi connectivity index (χ4n) is 1.88. The van der Waals surface area contributed by atoms with Crippen LogP contribution < -0.4 is 5.32 Å². The number of rotatable bonds is 2. The standard InChI is InChI=1S/C12H12FN3/c1-14-11-7-4-2-3-5-10(7)15-12(16-11)8-6-9(8)13/h2-5,8-9H,6H2,1H3,(H,14,15,16)/t8-,9+/m1/s1. The lowest BCUT2D eigenvalue weighted by atomic mass is 10.2. The summed E-state index contributed by atoms with van der Waals surface area (Å²) in [4.78, 5) is 8.77. The number of para-hydroxylation sites is 1. The van der Waals surface area contributed by atoms with Crippen molar-refractivity contribution in [2.24, 2.45) is 0 Å². The van der Waals surface area contributed by atoms with Gasteiger partial charge >= 0.3 is 0 Å². The molecule has 3 rings (SSSR count). The maximum atomic E-state index is 13.0. The van der Waals surface area contributed by atoms with E-state index in [4.69, 9.17) is 0 Å². The lowest BCUT2D eigenvalue weighted by Gasteiger charge is -2.06. The van der Waals surface area contributed by atoms with Crippen LogP contribution in [0.4, 0.5) is 10.2 Å². The molecule has 0 saturated heterocycles. The zero-order valence-corrected chi connectivity index (χ0v) is 8.94. The second-order valence-electron chi connectivity index (χ2n) is 4.06. The van der Waals surface area contributed by atoms with Gasteiger partial charge in [-0.3, -0.25) is 0 Å². The van der Waals surface area contributed by atoms with E-state index in [0.717, 1.165) is 16.7 Å². The van der Waals surface area contributed by atoms with Crippen molar-refractivity contribution >= 4 is 16.7 Å². The third kappa shape index (κ3) is 1.41. The van der Waals surface area contributed by atoms with Crippen molar-refractivity contribution in [2.45, 2.75) is 18.5 Å². The summed E-state index contributed by atoms with van der Waals surface area (Å²) < 4.78 is 13.0. The molecule has 1 saturated carbocycles. The average molecular weight is 217 g/mol. The van der Waals surface area contributed by atoms with E-state index in [2.05, 4.69) is 15.3 Å². The van der Waals surface area contributed by atoms with E-state index in [1.807, 2.05) is 31.3 Å². The number of nitrogens with zero attached hydrogens (tertiary/aromatic N) is 2. The van der Waals surface area contributed by atoms with E-state index in [1.165, 1.54) is 0 Å². The molecule has 1 aliphatic carbocycles. The summed E-state index contributed by atoms with van der Waals surface area (Å²) in [7, 11) is 1.82. The molecule has 2 aromatic rings. The van der Waals surface area contributed by atoms with Gasteiger partial charge in [0, 0.05) is 12.4 Å². The van der Waals surface area contributed by atoms with Gasteiger partial charge in [-0.1, -0.05) is 12.1 Å². The number of hydrogen-bond donors (Lipinski definition) is 1. The van der Waals surface area contributed by atoms with Crippen LogP contribution in [0.2, 0.25) is 0 Å². The molecule has 2 atom stereocenters. The summed E-state index contributed by atoms with van der Waals surface area (Å²) in [5.41, 5.74) is 0.871. The molecule has 4 heteroatoms. The Morgan fingerprint density at radius 3 is 2.75 bits per heavy atom. The number of benzene rings is 1. The van der Waals surface area contributed by atoms with Crippen LogP contribution in [0.15, 0.2) is 24.3 Å². The molecule has 0 aliphatic heterocycles. The molecule has 0 spiro atoms. The van der Waals surface area contributed by atoms with E-state index in [-0.39, 0.29) is 5.92 Å². The SMILES string of the molecule is CNc1nc([C@@H]2C[C@@H]2F)nc2ccccc12. The number of alkyl halides is 1. The van der Waals surface area contributed by atoms with Crippen molar-refractivity contribution in [2.75, 3.05) is 12.4 Å². The molecule has 0 unspecified atom stereocenters. The van der Waals surface area contributed by atoms with Crippen molar-refractivity contribution in [1.82, 2.24) is 9.97 Å². The number of nitrogens with one attached hydrogen (secondary N) is 1.